The summed E-state index contributed by atoms with van der Waals surface area (Å²) in [5.41, 5.74) is 0.947. The van der Waals surface area contributed by atoms with Crippen LogP contribution in [-0.2, 0) is 11.2 Å². The third kappa shape index (κ3) is 4.56. The molecule has 1 amide bonds. The molecule has 0 atom stereocenters. The fraction of sp³-hybridized carbons (Fsp3) is 0.154. The van der Waals surface area contributed by atoms with Crippen molar-refractivity contribution in [3.8, 4) is 0 Å². The van der Waals surface area contributed by atoms with E-state index in [-0.39, 0.29) is 11.0 Å². The van der Waals surface area contributed by atoms with Crippen molar-refractivity contribution in [3.63, 3.8) is 0 Å². The number of amides is 1. The smallest absolute Gasteiger partial charge is 0.226 e. The first-order valence-corrected chi connectivity index (χ1v) is 7.55. The molecule has 0 radical (unpaired) electrons. The molecule has 2 N–H and O–H groups in total. The van der Waals surface area contributed by atoms with Gasteiger partial charge in [0, 0.05) is 23.0 Å². The lowest BCUT2D eigenvalue weighted by Crippen LogP contribution is -2.34. The maximum absolute atomic E-state index is 11.8. The van der Waals surface area contributed by atoms with E-state index in [1.807, 2.05) is 29.6 Å². The van der Waals surface area contributed by atoms with Crippen molar-refractivity contribution in [2.75, 3.05) is 5.32 Å². The zero-order chi connectivity index (χ0) is 14.4. The van der Waals surface area contributed by atoms with Crippen LogP contribution in [0.2, 0.25) is 5.02 Å². The van der Waals surface area contributed by atoms with E-state index in [9.17, 15) is 4.79 Å². The third-order valence-corrected chi connectivity index (χ3v) is 3.75. The van der Waals surface area contributed by atoms with Crippen LogP contribution in [0.25, 0.3) is 0 Å². The molecule has 1 aromatic heterocycles. The van der Waals surface area contributed by atoms with Gasteiger partial charge in [-0.15, -0.1) is 11.3 Å². The molecular formula is C13H12ClN3OS2. The largest absolute Gasteiger partial charge is 0.308 e. The second kappa shape index (κ2) is 7.33. The van der Waals surface area contributed by atoms with Crippen molar-refractivity contribution in [1.82, 2.24) is 10.3 Å². The molecular weight excluding hydrogens is 314 g/mol. The number of halogens is 1. The Morgan fingerprint density at radius 1 is 1.40 bits per heavy atom. The van der Waals surface area contributed by atoms with Crippen LogP contribution in [0.5, 0.6) is 0 Å². The van der Waals surface area contributed by atoms with Gasteiger partial charge in [-0.05, 0) is 30.3 Å². The molecule has 20 heavy (non-hydrogen) atoms. The highest BCUT2D eigenvalue weighted by Crippen LogP contribution is 2.16. The first-order chi connectivity index (χ1) is 9.65. The van der Waals surface area contributed by atoms with Crippen LogP contribution in [0.3, 0.4) is 0 Å². The Morgan fingerprint density at radius 2 is 2.20 bits per heavy atom. The van der Waals surface area contributed by atoms with Crippen molar-refractivity contribution in [1.29, 1.82) is 0 Å². The summed E-state index contributed by atoms with van der Waals surface area (Å²) in [5.74, 6) is -0.154. The summed E-state index contributed by atoms with van der Waals surface area (Å²) in [4.78, 5) is 15.8. The summed E-state index contributed by atoms with van der Waals surface area (Å²) in [6.07, 6.45) is 2.56. The molecule has 7 heteroatoms. The number of nitrogens with zero attached hydrogens (tertiary/aromatic N) is 1. The molecule has 4 nitrogen and oxygen atoms in total. The summed E-state index contributed by atoms with van der Waals surface area (Å²) in [5, 5.41) is 8.86. The number of carbonyl (C=O) groups is 1. The molecule has 0 aliphatic carbocycles. The number of hydrogen-bond donors (Lipinski definition) is 2. The number of thiazole rings is 1. The van der Waals surface area contributed by atoms with E-state index in [2.05, 4.69) is 15.6 Å². The highest BCUT2D eigenvalue weighted by molar-refractivity contribution is 7.80. The second-order valence-corrected chi connectivity index (χ2v) is 5.64. The Labute approximate surface area is 131 Å². The quantitative estimate of drug-likeness (QED) is 0.847. The number of nitrogens with one attached hydrogen (secondary N) is 2. The van der Waals surface area contributed by atoms with Gasteiger partial charge in [-0.1, -0.05) is 29.8 Å². The van der Waals surface area contributed by atoms with Gasteiger partial charge in [0.1, 0.15) is 0 Å². The molecule has 1 heterocycles. The van der Waals surface area contributed by atoms with Gasteiger partial charge in [0.2, 0.25) is 5.91 Å². The molecule has 0 fully saturated rings. The van der Waals surface area contributed by atoms with Gasteiger partial charge in [-0.25, -0.2) is 4.98 Å². The Balaban J connectivity index is 1.78. The molecule has 0 bridgehead atoms. The number of aromatic nitrogens is 1. The average molecular weight is 326 g/mol. The highest BCUT2D eigenvalue weighted by Gasteiger charge is 2.07. The molecule has 0 aliphatic heterocycles. The monoisotopic (exact) mass is 325 g/mol. The molecule has 0 saturated carbocycles. The van der Waals surface area contributed by atoms with E-state index in [1.54, 1.807) is 6.20 Å². The topological polar surface area (TPSA) is 54.0 Å². The zero-order valence-electron chi connectivity index (χ0n) is 10.4. The first-order valence-electron chi connectivity index (χ1n) is 5.89. The fourth-order valence-corrected chi connectivity index (χ4v) is 2.59. The molecule has 0 spiro atoms. The Kier molecular flexibility index (Phi) is 5.46. The fourth-order valence-electron chi connectivity index (χ4n) is 1.55. The normalized spacial score (nSPS) is 10.1. The average Bonchev–Trinajstić information content (AvgIpc) is 2.90. The van der Waals surface area contributed by atoms with Crippen molar-refractivity contribution < 1.29 is 4.79 Å². The van der Waals surface area contributed by atoms with Crippen molar-refractivity contribution in [3.05, 3.63) is 46.4 Å². The van der Waals surface area contributed by atoms with Crippen LogP contribution < -0.4 is 10.6 Å². The Morgan fingerprint density at radius 3 is 2.90 bits per heavy atom. The zero-order valence-corrected chi connectivity index (χ0v) is 12.8. The lowest BCUT2D eigenvalue weighted by Gasteiger charge is -2.07. The minimum absolute atomic E-state index is 0.154. The van der Waals surface area contributed by atoms with E-state index in [1.165, 1.54) is 11.3 Å². The molecule has 0 aliphatic rings. The van der Waals surface area contributed by atoms with Gasteiger partial charge in [0.25, 0.3) is 0 Å². The Bertz CT molecular complexity index is 601. The SMILES string of the molecule is O=C(CCc1ccccc1Cl)NC(=S)Nc1nccs1. The van der Waals surface area contributed by atoms with Crippen LogP contribution in [0.1, 0.15) is 12.0 Å². The maximum Gasteiger partial charge on any atom is 0.226 e. The lowest BCUT2D eigenvalue weighted by atomic mass is 10.1. The number of benzene rings is 1. The van der Waals surface area contributed by atoms with E-state index in [0.29, 0.717) is 23.0 Å². The van der Waals surface area contributed by atoms with Crippen molar-refractivity contribution >= 4 is 51.3 Å². The second-order valence-electron chi connectivity index (χ2n) is 3.93. The summed E-state index contributed by atoms with van der Waals surface area (Å²) in [6, 6.07) is 7.47. The number of hydrogen-bond acceptors (Lipinski definition) is 4. The maximum atomic E-state index is 11.8. The molecule has 0 unspecified atom stereocenters. The minimum atomic E-state index is -0.154. The number of carbonyl (C=O) groups excluding carboxylic acids is 1. The molecule has 0 saturated heterocycles. The molecule has 2 rings (SSSR count). The summed E-state index contributed by atoms with van der Waals surface area (Å²) in [7, 11) is 0. The van der Waals surface area contributed by atoms with E-state index >= 15 is 0 Å². The van der Waals surface area contributed by atoms with Gasteiger partial charge in [0.05, 0.1) is 0 Å². The van der Waals surface area contributed by atoms with Crippen molar-refractivity contribution in [2.45, 2.75) is 12.8 Å². The highest BCUT2D eigenvalue weighted by atomic mass is 35.5. The molecule has 1 aromatic carbocycles. The van der Waals surface area contributed by atoms with Crippen molar-refractivity contribution in [2.24, 2.45) is 0 Å². The summed E-state index contributed by atoms with van der Waals surface area (Å²) >= 11 is 12.5. The van der Waals surface area contributed by atoms with Crippen LogP contribution in [-0.4, -0.2) is 16.0 Å². The van der Waals surface area contributed by atoms with E-state index < -0.39 is 0 Å². The summed E-state index contributed by atoms with van der Waals surface area (Å²) < 4.78 is 0. The van der Waals surface area contributed by atoms with E-state index in [0.717, 1.165) is 5.56 Å². The number of anilines is 1. The Hall–Kier alpha value is -1.50. The predicted molar refractivity (Wildman–Crippen MR) is 86.3 cm³/mol. The summed E-state index contributed by atoms with van der Waals surface area (Å²) in [6.45, 7) is 0. The standard InChI is InChI=1S/C13H12ClN3OS2/c14-10-4-2-1-3-9(10)5-6-11(18)16-12(19)17-13-15-7-8-20-13/h1-4,7-8H,5-6H2,(H2,15,16,17,18,19). The lowest BCUT2D eigenvalue weighted by molar-refractivity contribution is -0.119. The van der Waals surface area contributed by atoms with Gasteiger partial charge in [-0.3, -0.25) is 4.79 Å². The first kappa shape index (κ1) is 14.9. The number of thiocarbonyl (C=S) groups is 1. The van der Waals surface area contributed by atoms with Gasteiger partial charge in [-0.2, -0.15) is 0 Å². The third-order valence-electron chi connectivity index (χ3n) is 2.48. The number of rotatable bonds is 4. The molecule has 104 valence electrons. The molecule has 2 aromatic rings. The minimum Gasteiger partial charge on any atom is -0.308 e. The van der Waals surface area contributed by atoms with Gasteiger partial charge < -0.3 is 10.6 Å². The van der Waals surface area contributed by atoms with E-state index in [4.69, 9.17) is 23.8 Å². The van der Waals surface area contributed by atoms with Crippen LogP contribution in [0, 0.1) is 0 Å². The predicted octanol–water partition coefficient (Wildman–Crippen LogP) is 3.24. The number of aryl methyl sites for hydroxylation is 1. The van der Waals surface area contributed by atoms with Crippen LogP contribution in [0.15, 0.2) is 35.8 Å². The van der Waals surface area contributed by atoms with Gasteiger partial charge >= 0.3 is 0 Å². The van der Waals surface area contributed by atoms with Gasteiger partial charge in [0.15, 0.2) is 10.2 Å². The van der Waals surface area contributed by atoms with Crippen LogP contribution >= 0.6 is 35.2 Å². The van der Waals surface area contributed by atoms with Crippen LogP contribution in [0.4, 0.5) is 5.13 Å².